The molecule has 2 rings (SSSR count). The number of amides is 3. The molecule has 0 fully saturated rings. The number of hydrogen-bond acceptors (Lipinski definition) is 4. The van der Waals surface area contributed by atoms with Crippen LogP contribution in [0.25, 0.3) is 0 Å². The topological polar surface area (TPSA) is 144 Å². The van der Waals surface area contributed by atoms with Gasteiger partial charge in [0.2, 0.25) is 15.9 Å². The number of benzene rings is 2. The second-order valence-corrected chi connectivity index (χ2v) is 7.78. The zero-order valence-corrected chi connectivity index (χ0v) is 15.8. The minimum absolute atomic E-state index is 0.00830. The van der Waals surface area contributed by atoms with Crippen LogP contribution in [0.1, 0.15) is 23.6 Å². The fourth-order valence-corrected chi connectivity index (χ4v) is 3.02. The molecule has 1 atom stereocenters. The van der Waals surface area contributed by atoms with Crippen molar-refractivity contribution in [2.75, 3.05) is 0 Å². The highest BCUT2D eigenvalue weighted by Gasteiger charge is 2.17. The first-order valence-corrected chi connectivity index (χ1v) is 9.77. The third kappa shape index (κ3) is 6.55. The molecule has 0 radical (unpaired) electrons. The Hall–Kier alpha value is -2.62. The summed E-state index contributed by atoms with van der Waals surface area (Å²) in [5.41, 5.74) is 6.57. The fourth-order valence-electron chi connectivity index (χ4n) is 2.37. The molecular weight excluding hydrogens is 392 g/mol. The third-order valence-electron chi connectivity index (χ3n) is 3.72. The van der Waals surface area contributed by atoms with Gasteiger partial charge in [0.1, 0.15) is 0 Å². The molecule has 0 aliphatic carbocycles. The Morgan fingerprint density at radius 1 is 1.04 bits per heavy atom. The van der Waals surface area contributed by atoms with Gasteiger partial charge in [-0.3, -0.25) is 4.79 Å². The largest absolute Gasteiger partial charge is 0.352 e. The van der Waals surface area contributed by atoms with E-state index in [2.05, 4.69) is 10.6 Å². The van der Waals surface area contributed by atoms with Gasteiger partial charge in [-0.1, -0.05) is 35.9 Å². The maximum atomic E-state index is 12.2. The van der Waals surface area contributed by atoms with Crippen LogP contribution in [0.2, 0.25) is 5.02 Å². The predicted molar refractivity (Wildman–Crippen MR) is 101 cm³/mol. The van der Waals surface area contributed by atoms with Crippen LogP contribution in [0.4, 0.5) is 4.79 Å². The summed E-state index contributed by atoms with van der Waals surface area (Å²) in [6, 6.07) is 11.2. The monoisotopic (exact) mass is 410 g/mol. The molecular formula is C17H19ClN4O4S. The fraction of sp³-hybridized carbons (Fsp3) is 0.176. The Kier molecular flexibility index (Phi) is 6.78. The first kappa shape index (κ1) is 20.7. The molecule has 0 heterocycles. The van der Waals surface area contributed by atoms with Gasteiger partial charge in [0.15, 0.2) is 0 Å². The van der Waals surface area contributed by atoms with Crippen LogP contribution in [0.15, 0.2) is 53.4 Å². The van der Waals surface area contributed by atoms with Crippen molar-refractivity contribution < 1.29 is 18.0 Å². The molecule has 0 aromatic heterocycles. The van der Waals surface area contributed by atoms with Gasteiger partial charge in [0.05, 0.1) is 17.4 Å². The zero-order valence-electron chi connectivity index (χ0n) is 14.2. The number of nitrogens with two attached hydrogens (primary N) is 2. The van der Waals surface area contributed by atoms with Crippen LogP contribution in [0.3, 0.4) is 0 Å². The second kappa shape index (κ2) is 8.85. The average Bonchev–Trinajstić information content (AvgIpc) is 2.59. The summed E-state index contributed by atoms with van der Waals surface area (Å²) in [7, 11) is -3.76. The van der Waals surface area contributed by atoms with Crippen LogP contribution in [0, 0.1) is 0 Å². The summed E-state index contributed by atoms with van der Waals surface area (Å²) in [5.74, 6) is -0.320. The molecule has 144 valence electrons. The zero-order chi connectivity index (χ0) is 20.0. The van der Waals surface area contributed by atoms with E-state index in [4.69, 9.17) is 22.5 Å². The van der Waals surface area contributed by atoms with Crippen molar-refractivity contribution in [2.45, 2.75) is 23.9 Å². The number of carbonyl (C=O) groups is 2. The Morgan fingerprint density at radius 2 is 1.63 bits per heavy atom. The van der Waals surface area contributed by atoms with Gasteiger partial charge in [-0.2, -0.15) is 0 Å². The number of primary amides is 1. The highest BCUT2D eigenvalue weighted by Crippen LogP contribution is 2.19. The Labute approximate surface area is 161 Å². The Balaban J connectivity index is 1.99. The van der Waals surface area contributed by atoms with Crippen LogP contribution < -0.4 is 21.5 Å². The van der Waals surface area contributed by atoms with Crippen LogP contribution in [0.5, 0.6) is 0 Å². The van der Waals surface area contributed by atoms with E-state index in [-0.39, 0.29) is 23.8 Å². The number of sulfonamides is 1. The van der Waals surface area contributed by atoms with E-state index in [1.54, 1.807) is 36.4 Å². The van der Waals surface area contributed by atoms with E-state index in [0.29, 0.717) is 16.1 Å². The Bertz CT molecular complexity index is 915. The number of hydrogen-bond donors (Lipinski definition) is 4. The minimum atomic E-state index is -3.76. The lowest BCUT2D eigenvalue weighted by Gasteiger charge is -2.18. The standard InChI is InChI=1S/C17H19ClN4O4S/c18-13-5-3-12(4-6-13)15(22-17(19)24)9-16(23)21-10-11-1-7-14(8-2-11)27(20,25)26/h1-8,15H,9-10H2,(H,21,23)(H3,19,22,24)(H2,20,25,26)/t15-/m1/s1. The van der Waals surface area contributed by atoms with Crippen molar-refractivity contribution in [3.63, 3.8) is 0 Å². The summed E-state index contributed by atoms with van der Waals surface area (Å²) in [6.07, 6.45) is -0.0279. The van der Waals surface area contributed by atoms with Crippen LogP contribution in [-0.4, -0.2) is 20.4 Å². The van der Waals surface area contributed by atoms with Gasteiger partial charge >= 0.3 is 6.03 Å². The molecule has 6 N–H and O–H groups in total. The van der Waals surface area contributed by atoms with E-state index in [0.717, 1.165) is 0 Å². The number of nitrogens with one attached hydrogen (secondary N) is 2. The van der Waals surface area contributed by atoms with Crippen LogP contribution in [-0.2, 0) is 21.4 Å². The van der Waals surface area contributed by atoms with Gasteiger partial charge in [-0.15, -0.1) is 0 Å². The van der Waals surface area contributed by atoms with E-state index in [1.807, 2.05) is 0 Å². The normalized spacial score (nSPS) is 12.2. The molecule has 0 aliphatic heterocycles. The first-order chi connectivity index (χ1) is 12.6. The van der Waals surface area contributed by atoms with Crippen LogP contribution >= 0.6 is 11.6 Å². The molecule has 0 bridgehead atoms. The van der Waals surface area contributed by atoms with Crippen molar-refractivity contribution in [3.8, 4) is 0 Å². The predicted octanol–water partition coefficient (Wildman–Crippen LogP) is 1.40. The van der Waals surface area contributed by atoms with Crippen molar-refractivity contribution in [1.82, 2.24) is 10.6 Å². The van der Waals surface area contributed by atoms with Crippen molar-refractivity contribution in [2.24, 2.45) is 10.9 Å². The van der Waals surface area contributed by atoms with E-state index in [1.165, 1.54) is 12.1 Å². The highest BCUT2D eigenvalue weighted by molar-refractivity contribution is 7.89. The lowest BCUT2D eigenvalue weighted by Crippen LogP contribution is -2.36. The molecule has 0 spiro atoms. The summed E-state index contributed by atoms with van der Waals surface area (Å²) in [5, 5.41) is 10.8. The minimum Gasteiger partial charge on any atom is -0.352 e. The van der Waals surface area contributed by atoms with Crippen molar-refractivity contribution >= 4 is 33.6 Å². The average molecular weight is 411 g/mol. The number of halogens is 1. The molecule has 2 aromatic rings. The van der Waals surface area contributed by atoms with E-state index < -0.39 is 22.1 Å². The van der Waals surface area contributed by atoms with E-state index >= 15 is 0 Å². The second-order valence-electron chi connectivity index (χ2n) is 5.78. The molecule has 2 aromatic carbocycles. The van der Waals surface area contributed by atoms with Crippen molar-refractivity contribution in [1.29, 1.82) is 0 Å². The molecule has 27 heavy (non-hydrogen) atoms. The molecule has 8 nitrogen and oxygen atoms in total. The summed E-state index contributed by atoms with van der Waals surface area (Å²) >= 11 is 5.85. The molecule has 0 unspecified atom stereocenters. The summed E-state index contributed by atoms with van der Waals surface area (Å²) in [4.78, 5) is 23.4. The first-order valence-electron chi connectivity index (χ1n) is 7.85. The maximum Gasteiger partial charge on any atom is 0.312 e. The smallest absolute Gasteiger partial charge is 0.312 e. The van der Waals surface area contributed by atoms with Gasteiger partial charge in [-0.05, 0) is 35.4 Å². The SMILES string of the molecule is NC(=O)N[C@H](CC(=O)NCc1ccc(S(N)(=O)=O)cc1)c1ccc(Cl)cc1. The Morgan fingerprint density at radius 3 is 2.15 bits per heavy atom. The lowest BCUT2D eigenvalue weighted by molar-refractivity contribution is -0.121. The molecule has 0 aliphatic rings. The summed E-state index contributed by atoms with van der Waals surface area (Å²) < 4.78 is 22.5. The van der Waals surface area contributed by atoms with Gasteiger partial charge in [0, 0.05) is 11.6 Å². The van der Waals surface area contributed by atoms with Gasteiger partial charge in [-0.25, -0.2) is 18.4 Å². The number of primary sulfonamides is 1. The number of carbonyl (C=O) groups excluding carboxylic acids is 2. The number of rotatable bonds is 7. The molecule has 3 amide bonds. The third-order valence-corrected chi connectivity index (χ3v) is 4.90. The number of urea groups is 1. The lowest BCUT2D eigenvalue weighted by atomic mass is 10.0. The highest BCUT2D eigenvalue weighted by atomic mass is 35.5. The quantitative estimate of drug-likeness (QED) is 0.546. The van der Waals surface area contributed by atoms with Gasteiger partial charge in [0.25, 0.3) is 0 Å². The van der Waals surface area contributed by atoms with Crippen molar-refractivity contribution in [3.05, 3.63) is 64.7 Å². The molecule has 10 heteroatoms. The maximum absolute atomic E-state index is 12.2. The molecule has 0 saturated carbocycles. The van der Waals surface area contributed by atoms with E-state index in [9.17, 15) is 18.0 Å². The van der Waals surface area contributed by atoms with Gasteiger partial charge < -0.3 is 16.4 Å². The summed E-state index contributed by atoms with van der Waals surface area (Å²) in [6.45, 7) is 0.188. The molecule has 0 saturated heterocycles.